The Bertz CT molecular complexity index is 1220. The molecule has 2 aromatic heterocycles. The Morgan fingerprint density at radius 1 is 1.10 bits per heavy atom. The smallest absolute Gasteiger partial charge is 0.387 e. The number of aromatic nitrogens is 4. The average molecular weight is 416 g/mol. The Balaban J connectivity index is 1.78. The van der Waals surface area contributed by atoms with Crippen molar-refractivity contribution in [2.24, 2.45) is 0 Å². The lowest BCUT2D eigenvalue weighted by Gasteiger charge is -2.11. The minimum absolute atomic E-state index is 0.102. The molecule has 0 aliphatic rings. The van der Waals surface area contributed by atoms with Crippen molar-refractivity contribution in [1.29, 1.82) is 0 Å². The normalized spacial score (nSPS) is 11.6. The Morgan fingerprint density at radius 2 is 1.86 bits per heavy atom. The molecule has 0 N–H and O–H groups in total. The highest BCUT2D eigenvalue weighted by Gasteiger charge is 2.17. The van der Waals surface area contributed by atoms with Crippen LogP contribution in [0.3, 0.4) is 0 Å². The predicted octanol–water partition coefficient (Wildman–Crippen LogP) is 4.35. The zero-order valence-corrected chi connectivity index (χ0v) is 16.4. The van der Waals surface area contributed by atoms with Gasteiger partial charge in [-0.2, -0.15) is 8.78 Å². The van der Waals surface area contributed by atoms with Crippen molar-refractivity contribution in [2.45, 2.75) is 37.4 Å². The molecule has 0 spiro atoms. The van der Waals surface area contributed by atoms with Crippen LogP contribution >= 0.6 is 11.8 Å². The summed E-state index contributed by atoms with van der Waals surface area (Å²) in [6, 6.07) is 14.0. The molecule has 0 atom stereocenters. The van der Waals surface area contributed by atoms with Gasteiger partial charge in [0.25, 0.3) is 5.56 Å². The number of nitrogens with zero attached hydrogens (tertiary/aromatic N) is 4. The molecule has 9 heteroatoms. The van der Waals surface area contributed by atoms with Crippen molar-refractivity contribution >= 4 is 28.4 Å². The molecular formula is C20H18F2N4O2S. The fourth-order valence-corrected chi connectivity index (χ4v) is 4.16. The summed E-state index contributed by atoms with van der Waals surface area (Å²) in [6.45, 7) is -0.368. The van der Waals surface area contributed by atoms with Gasteiger partial charge in [-0.1, -0.05) is 49.0 Å². The number of fused-ring (bicyclic) bond motifs is 3. The van der Waals surface area contributed by atoms with Crippen LogP contribution < -0.4 is 10.3 Å². The third-order valence-corrected chi connectivity index (χ3v) is 5.45. The first-order chi connectivity index (χ1) is 14.1. The van der Waals surface area contributed by atoms with E-state index in [9.17, 15) is 13.6 Å². The van der Waals surface area contributed by atoms with Crippen LogP contribution in [0.1, 0.15) is 18.9 Å². The number of rotatable bonds is 7. The van der Waals surface area contributed by atoms with Gasteiger partial charge in [-0.25, -0.2) is 0 Å². The van der Waals surface area contributed by atoms with E-state index >= 15 is 0 Å². The second-order valence-electron chi connectivity index (χ2n) is 6.37. The highest BCUT2D eigenvalue weighted by Crippen LogP contribution is 2.29. The monoisotopic (exact) mass is 416 g/mol. The van der Waals surface area contributed by atoms with Crippen molar-refractivity contribution in [3.05, 3.63) is 64.4 Å². The van der Waals surface area contributed by atoms with Gasteiger partial charge in [-0.3, -0.25) is 13.8 Å². The van der Waals surface area contributed by atoms with E-state index in [-0.39, 0.29) is 11.3 Å². The summed E-state index contributed by atoms with van der Waals surface area (Å²) >= 11 is 1.35. The summed E-state index contributed by atoms with van der Waals surface area (Å²) in [5.41, 5.74) is 1.24. The standard InChI is InChI=1S/C20H18F2N4O2S/c1-2-11-25-17(27)14-8-4-5-9-15(14)26-19(25)23-24-20(26)29-12-13-7-3-6-10-16(13)28-18(21)22/h3-10,18H,2,11-12H2,1H3. The second-order valence-corrected chi connectivity index (χ2v) is 7.31. The van der Waals surface area contributed by atoms with Gasteiger partial charge in [-0.05, 0) is 24.6 Å². The number of thioether (sulfide) groups is 1. The summed E-state index contributed by atoms with van der Waals surface area (Å²) in [4.78, 5) is 12.9. The Labute approximate surface area is 169 Å². The van der Waals surface area contributed by atoms with Crippen molar-refractivity contribution in [2.75, 3.05) is 0 Å². The molecule has 0 radical (unpaired) electrons. The number of para-hydroxylation sites is 2. The van der Waals surface area contributed by atoms with Gasteiger partial charge in [0, 0.05) is 17.9 Å². The lowest BCUT2D eigenvalue weighted by Crippen LogP contribution is -2.23. The van der Waals surface area contributed by atoms with Crippen molar-refractivity contribution in [3.8, 4) is 5.75 Å². The van der Waals surface area contributed by atoms with Crippen LogP contribution in [0, 0.1) is 0 Å². The second kappa shape index (κ2) is 8.20. The van der Waals surface area contributed by atoms with E-state index in [0.717, 1.165) is 6.42 Å². The van der Waals surface area contributed by atoms with E-state index in [4.69, 9.17) is 0 Å². The molecule has 0 unspecified atom stereocenters. The molecule has 150 valence electrons. The lowest BCUT2D eigenvalue weighted by atomic mass is 10.2. The van der Waals surface area contributed by atoms with Crippen LogP contribution in [0.4, 0.5) is 8.78 Å². The third kappa shape index (κ3) is 3.69. The maximum absolute atomic E-state index is 12.9. The Hall–Kier alpha value is -2.94. The van der Waals surface area contributed by atoms with Crippen LogP contribution in [-0.2, 0) is 12.3 Å². The van der Waals surface area contributed by atoms with Gasteiger partial charge in [0.05, 0.1) is 10.9 Å². The van der Waals surface area contributed by atoms with Crippen molar-refractivity contribution in [3.63, 3.8) is 0 Å². The first kappa shape index (κ1) is 19.4. The minimum atomic E-state index is -2.89. The van der Waals surface area contributed by atoms with Crippen molar-refractivity contribution in [1.82, 2.24) is 19.2 Å². The van der Waals surface area contributed by atoms with Gasteiger partial charge in [0.2, 0.25) is 5.78 Å². The molecule has 0 saturated carbocycles. The number of alkyl halides is 2. The van der Waals surface area contributed by atoms with Gasteiger partial charge in [-0.15, -0.1) is 10.2 Å². The molecule has 2 aromatic carbocycles. The maximum Gasteiger partial charge on any atom is 0.387 e. The Kier molecular flexibility index (Phi) is 5.48. The number of aryl methyl sites for hydroxylation is 1. The van der Waals surface area contributed by atoms with E-state index < -0.39 is 6.61 Å². The molecule has 4 aromatic rings. The molecule has 29 heavy (non-hydrogen) atoms. The fourth-order valence-electron chi connectivity index (χ4n) is 3.23. The zero-order chi connectivity index (χ0) is 20.4. The van der Waals surface area contributed by atoms with Crippen LogP contribution in [-0.4, -0.2) is 25.8 Å². The SMILES string of the molecule is CCCn1c(=O)c2ccccc2n2c(SCc3ccccc3OC(F)F)nnc12. The molecule has 0 bridgehead atoms. The average Bonchev–Trinajstić information content (AvgIpc) is 3.14. The number of hydrogen-bond acceptors (Lipinski definition) is 5. The lowest BCUT2D eigenvalue weighted by molar-refractivity contribution is -0.0503. The summed E-state index contributed by atoms with van der Waals surface area (Å²) < 4.78 is 33.4. The molecular weight excluding hydrogens is 398 g/mol. The molecule has 0 aliphatic heterocycles. The number of benzene rings is 2. The van der Waals surface area contributed by atoms with E-state index in [1.54, 1.807) is 28.8 Å². The van der Waals surface area contributed by atoms with Gasteiger partial charge >= 0.3 is 6.61 Å². The third-order valence-electron chi connectivity index (χ3n) is 4.47. The minimum Gasteiger partial charge on any atom is -0.435 e. The number of ether oxygens (including phenoxy) is 1. The fraction of sp³-hybridized carbons (Fsp3) is 0.250. The van der Waals surface area contributed by atoms with E-state index in [0.29, 0.717) is 39.7 Å². The van der Waals surface area contributed by atoms with E-state index in [1.807, 2.05) is 29.5 Å². The molecule has 0 fully saturated rings. The van der Waals surface area contributed by atoms with Gasteiger partial charge < -0.3 is 4.74 Å². The molecule has 0 amide bonds. The summed E-state index contributed by atoms with van der Waals surface area (Å²) in [6.07, 6.45) is 0.779. The molecule has 4 rings (SSSR count). The largest absolute Gasteiger partial charge is 0.435 e. The quantitative estimate of drug-likeness (QED) is 0.419. The topological polar surface area (TPSA) is 61.4 Å². The highest BCUT2D eigenvalue weighted by atomic mass is 32.2. The molecule has 2 heterocycles. The molecule has 0 aliphatic carbocycles. The van der Waals surface area contributed by atoms with Gasteiger partial charge in [0.15, 0.2) is 5.16 Å². The van der Waals surface area contributed by atoms with Gasteiger partial charge in [0.1, 0.15) is 5.75 Å². The molecule has 6 nitrogen and oxygen atoms in total. The van der Waals surface area contributed by atoms with E-state index in [2.05, 4.69) is 14.9 Å². The first-order valence-corrected chi connectivity index (χ1v) is 10.1. The predicted molar refractivity (Wildman–Crippen MR) is 108 cm³/mol. The number of hydrogen-bond donors (Lipinski definition) is 0. The van der Waals surface area contributed by atoms with Crippen LogP contribution in [0.5, 0.6) is 5.75 Å². The molecule has 0 saturated heterocycles. The highest BCUT2D eigenvalue weighted by molar-refractivity contribution is 7.98. The number of halogens is 2. The maximum atomic E-state index is 12.9. The first-order valence-electron chi connectivity index (χ1n) is 9.12. The van der Waals surface area contributed by atoms with Crippen molar-refractivity contribution < 1.29 is 13.5 Å². The summed E-state index contributed by atoms with van der Waals surface area (Å²) in [7, 11) is 0. The Morgan fingerprint density at radius 3 is 2.66 bits per heavy atom. The summed E-state index contributed by atoms with van der Waals surface area (Å²) in [5, 5.41) is 9.65. The van der Waals surface area contributed by atoms with Crippen LogP contribution in [0.25, 0.3) is 16.7 Å². The van der Waals surface area contributed by atoms with Crippen LogP contribution in [0.15, 0.2) is 58.5 Å². The summed E-state index contributed by atoms with van der Waals surface area (Å²) in [5.74, 6) is 0.969. The zero-order valence-electron chi connectivity index (χ0n) is 15.6. The van der Waals surface area contributed by atoms with E-state index in [1.165, 1.54) is 17.8 Å². The van der Waals surface area contributed by atoms with Crippen LogP contribution in [0.2, 0.25) is 0 Å².